The van der Waals surface area contributed by atoms with Gasteiger partial charge in [0, 0.05) is 13.8 Å². The van der Waals surface area contributed by atoms with Crippen molar-refractivity contribution in [3.05, 3.63) is 35.9 Å². The Morgan fingerprint density at radius 3 is 1.94 bits per heavy atom. The van der Waals surface area contributed by atoms with E-state index in [2.05, 4.69) is 4.74 Å². The number of rotatable bonds is 3. The second-order valence-corrected chi connectivity index (χ2v) is 3.92. The van der Waals surface area contributed by atoms with Crippen LogP contribution in [-0.2, 0) is 25.7 Å². The highest BCUT2D eigenvalue weighted by Gasteiger charge is 1.94. The molecule has 4 heteroatoms. The monoisotopic (exact) mass is 252 g/mol. The maximum Gasteiger partial charge on any atom is 0.302 e. The maximum absolute atomic E-state index is 10.4. The van der Waals surface area contributed by atoms with Gasteiger partial charge in [-0.25, -0.2) is 0 Å². The summed E-state index contributed by atoms with van der Waals surface area (Å²) in [5.41, 5.74) is 1.02. The number of hydrogen-bond acceptors (Lipinski definition) is 4. The molecule has 0 atom stereocenters. The Morgan fingerprint density at radius 1 is 1.06 bits per heavy atom. The van der Waals surface area contributed by atoms with Gasteiger partial charge in [0.25, 0.3) is 0 Å². The summed E-state index contributed by atoms with van der Waals surface area (Å²) in [4.78, 5) is 20.4. The van der Waals surface area contributed by atoms with Crippen LogP contribution in [0.3, 0.4) is 0 Å². The molecule has 1 rings (SSSR count). The molecule has 0 saturated carbocycles. The van der Waals surface area contributed by atoms with Crippen molar-refractivity contribution >= 4 is 11.9 Å². The molecule has 100 valence electrons. The van der Waals surface area contributed by atoms with Crippen LogP contribution < -0.4 is 0 Å². The van der Waals surface area contributed by atoms with E-state index in [1.807, 2.05) is 44.2 Å². The zero-order valence-corrected chi connectivity index (χ0v) is 11.3. The summed E-state index contributed by atoms with van der Waals surface area (Å²) in [6, 6.07) is 9.60. The summed E-state index contributed by atoms with van der Waals surface area (Å²) in [7, 11) is 0. The number of benzene rings is 1. The van der Waals surface area contributed by atoms with E-state index in [1.54, 1.807) is 0 Å². The Hall–Kier alpha value is -1.84. The van der Waals surface area contributed by atoms with Crippen molar-refractivity contribution in [2.45, 2.75) is 40.4 Å². The fourth-order valence-corrected chi connectivity index (χ4v) is 1.09. The van der Waals surface area contributed by atoms with Crippen LogP contribution in [0, 0.1) is 0 Å². The predicted molar refractivity (Wildman–Crippen MR) is 68.8 cm³/mol. The van der Waals surface area contributed by atoms with E-state index in [0.717, 1.165) is 5.56 Å². The molecule has 18 heavy (non-hydrogen) atoms. The molecule has 1 aromatic carbocycles. The van der Waals surface area contributed by atoms with Crippen LogP contribution in [0.2, 0.25) is 0 Å². The lowest BCUT2D eigenvalue weighted by atomic mass is 10.2. The van der Waals surface area contributed by atoms with Crippen molar-refractivity contribution in [1.82, 2.24) is 0 Å². The van der Waals surface area contributed by atoms with Gasteiger partial charge in [-0.05, 0) is 19.4 Å². The van der Waals surface area contributed by atoms with E-state index >= 15 is 0 Å². The molecular weight excluding hydrogens is 232 g/mol. The highest BCUT2D eigenvalue weighted by atomic mass is 16.5. The largest absolute Gasteiger partial charge is 0.463 e. The van der Waals surface area contributed by atoms with Crippen molar-refractivity contribution < 1.29 is 19.1 Å². The molecule has 0 aromatic heterocycles. The summed E-state index contributed by atoms with van der Waals surface area (Å²) in [6.45, 7) is 6.82. The Labute approximate surface area is 108 Å². The average Bonchev–Trinajstić information content (AvgIpc) is 2.26. The molecule has 0 N–H and O–H groups in total. The molecule has 4 nitrogen and oxygen atoms in total. The average molecular weight is 252 g/mol. The first-order valence-electron chi connectivity index (χ1n) is 5.76. The Balaban J connectivity index is 0.000000360. The lowest BCUT2D eigenvalue weighted by Crippen LogP contribution is -2.06. The minimum absolute atomic E-state index is 0.0255. The lowest BCUT2D eigenvalue weighted by Gasteiger charge is -2.01. The third-order valence-corrected chi connectivity index (χ3v) is 1.69. The van der Waals surface area contributed by atoms with Crippen LogP contribution in [-0.4, -0.2) is 18.0 Å². The van der Waals surface area contributed by atoms with Crippen LogP contribution in [0.25, 0.3) is 0 Å². The first-order valence-corrected chi connectivity index (χ1v) is 5.76. The lowest BCUT2D eigenvalue weighted by molar-refractivity contribution is -0.144. The molecule has 0 aliphatic heterocycles. The van der Waals surface area contributed by atoms with E-state index in [1.165, 1.54) is 13.8 Å². The van der Waals surface area contributed by atoms with Crippen LogP contribution in [0.1, 0.15) is 33.3 Å². The number of carbonyl (C=O) groups excluding carboxylic acids is 2. The highest BCUT2D eigenvalue weighted by Crippen LogP contribution is 1.99. The van der Waals surface area contributed by atoms with Crippen LogP contribution >= 0.6 is 0 Å². The molecule has 0 bridgehead atoms. The predicted octanol–water partition coefficient (Wildman–Crippen LogP) is 2.71. The quantitative estimate of drug-likeness (QED) is 0.776. The second kappa shape index (κ2) is 9.22. The normalized spacial score (nSPS) is 9.17. The van der Waals surface area contributed by atoms with Gasteiger partial charge < -0.3 is 9.47 Å². The first-order chi connectivity index (χ1) is 8.41. The summed E-state index contributed by atoms with van der Waals surface area (Å²) >= 11 is 0. The minimum atomic E-state index is -0.242. The number of ether oxygens (including phenoxy) is 2. The van der Waals surface area contributed by atoms with Crippen molar-refractivity contribution in [1.29, 1.82) is 0 Å². The summed E-state index contributed by atoms with van der Waals surface area (Å²) in [6.07, 6.45) is 0.0255. The van der Waals surface area contributed by atoms with E-state index < -0.39 is 0 Å². The second-order valence-electron chi connectivity index (χ2n) is 3.92. The van der Waals surface area contributed by atoms with E-state index in [0.29, 0.717) is 6.61 Å². The molecule has 0 aliphatic carbocycles. The zero-order valence-electron chi connectivity index (χ0n) is 11.3. The number of hydrogen-bond donors (Lipinski definition) is 0. The zero-order chi connectivity index (χ0) is 14.0. The molecule has 0 unspecified atom stereocenters. The molecule has 0 spiro atoms. The van der Waals surface area contributed by atoms with Gasteiger partial charge in [-0.1, -0.05) is 30.3 Å². The molecule has 0 saturated heterocycles. The molecule has 0 heterocycles. The van der Waals surface area contributed by atoms with Crippen molar-refractivity contribution in [2.24, 2.45) is 0 Å². The first kappa shape index (κ1) is 16.2. The minimum Gasteiger partial charge on any atom is -0.463 e. The molecule has 0 radical (unpaired) electrons. The van der Waals surface area contributed by atoms with Gasteiger partial charge in [0.2, 0.25) is 0 Å². The fourth-order valence-electron chi connectivity index (χ4n) is 1.09. The van der Waals surface area contributed by atoms with Gasteiger partial charge >= 0.3 is 11.9 Å². The summed E-state index contributed by atoms with van der Waals surface area (Å²) < 4.78 is 9.40. The molecule has 1 aromatic rings. The molecule has 0 fully saturated rings. The SMILES string of the molecule is CC(=O)OC(C)C.CC(=O)OCc1ccccc1. The van der Waals surface area contributed by atoms with Crippen LogP contribution in [0.4, 0.5) is 0 Å². The molecule has 0 aliphatic rings. The summed E-state index contributed by atoms with van der Waals surface area (Å²) in [5, 5.41) is 0. The third kappa shape index (κ3) is 10.7. The molecular formula is C14H20O4. The van der Waals surface area contributed by atoms with Crippen molar-refractivity contribution in [2.75, 3.05) is 0 Å². The van der Waals surface area contributed by atoms with Crippen molar-refractivity contribution in [3.63, 3.8) is 0 Å². The van der Waals surface area contributed by atoms with Gasteiger partial charge in [-0.2, -0.15) is 0 Å². The van der Waals surface area contributed by atoms with Gasteiger partial charge in [0.15, 0.2) is 0 Å². The van der Waals surface area contributed by atoms with Crippen LogP contribution in [0.5, 0.6) is 0 Å². The Kier molecular flexibility index (Phi) is 8.27. The van der Waals surface area contributed by atoms with Crippen molar-refractivity contribution in [3.8, 4) is 0 Å². The van der Waals surface area contributed by atoms with E-state index in [-0.39, 0.29) is 18.0 Å². The van der Waals surface area contributed by atoms with Gasteiger partial charge in [-0.3, -0.25) is 9.59 Å². The number of carbonyl (C=O) groups is 2. The van der Waals surface area contributed by atoms with E-state index in [4.69, 9.17) is 4.74 Å². The third-order valence-electron chi connectivity index (χ3n) is 1.69. The molecule has 0 amide bonds. The highest BCUT2D eigenvalue weighted by molar-refractivity contribution is 5.66. The number of esters is 2. The Morgan fingerprint density at radius 2 is 1.61 bits per heavy atom. The maximum atomic E-state index is 10.4. The van der Waals surface area contributed by atoms with Gasteiger partial charge in [-0.15, -0.1) is 0 Å². The standard InChI is InChI=1S/C9H10O2.C5H10O2/c1-8(10)11-7-9-5-3-2-4-6-9;1-4(2)7-5(3)6/h2-6H,7H2,1H3;4H,1-3H3. The van der Waals surface area contributed by atoms with Gasteiger partial charge in [0.05, 0.1) is 6.10 Å². The smallest absolute Gasteiger partial charge is 0.302 e. The Bertz CT molecular complexity index is 357. The topological polar surface area (TPSA) is 52.6 Å². The summed E-state index contributed by atoms with van der Waals surface area (Å²) in [5.74, 6) is -0.455. The van der Waals surface area contributed by atoms with Crippen LogP contribution in [0.15, 0.2) is 30.3 Å². The van der Waals surface area contributed by atoms with E-state index in [9.17, 15) is 9.59 Å². The fraction of sp³-hybridized carbons (Fsp3) is 0.429. The van der Waals surface area contributed by atoms with Gasteiger partial charge in [0.1, 0.15) is 6.61 Å².